The van der Waals surface area contributed by atoms with Crippen molar-refractivity contribution in [3.8, 4) is 0 Å². The van der Waals surface area contributed by atoms with Gasteiger partial charge in [-0.2, -0.15) is 0 Å². The molecule has 0 rings (SSSR count). The second-order valence-corrected chi connectivity index (χ2v) is 1.06. The second-order valence-electron chi connectivity index (χ2n) is 1.06. The van der Waals surface area contributed by atoms with Gasteiger partial charge in [0.25, 0.3) is 7.48 Å². The highest BCUT2D eigenvalue weighted by atomic mass is 16.4. The summed E-state index contributed by atoms with van der Waals surface area (Å²) < 4.78 is 4.75. The molecular weight excluding hydrogens is 105 g/mol. The molecule has 0 aromatic rings. The highest BCUT2D eigenvalue weighted by molar-refractivity contribution is 6.24. The van der Waals surface area contributed by atoms with E-state index >= 15 is 0 Å². The molecule has 0 bridgehead atoms. The Morgan fingerprint density at radius 1 is 1.88 bits per heavy atom. The molecule has 0 saturated heterocycles. The minimum absolute atomic E-state index is 0.404. The fourth-order valence-corrected chi connectivity index (χ4v) is 0.256. The summed E-state index contributed by atoms with van der Waals surface area (Å²) in [6, 6.07) is 0. The Balaban J connectivity index is 2.82. The topological polar surface area (TPSA) is 58.0 Å². The summed E-state index contributed by atoms with van der Waals surface area (Å²) in [6.45, 7) is 2.65. The van der Waals surface area contributed by atoms with Crippen LogP contribution in [0.2, 0.25) is 6.82 Å². The molecule has 5 heteroatoms. The van der Waals surface area contributed by atoms with Gasteiger partial charge in [0.2, 0.25) is 0 Å². The van der Waals surface area contributed by atoms with Crippen molar-refractivity contribution in [1.82, 2.24) is 0 Å². The first-order valence-electron chi connectivity index (χ1n) is 2.32. The number of azide groups is 1. The van der Waals surface area contributed by atoms with Gasteiger partial charge in [-0.1, -0.05) is 11.9 Å². The van der Waals surface area contributed by atoms with Crippen molar-refractivity contribution in [2.45, 2.75) is 6.82 Å². The number of nitrogens with zero attached hydrogens (tertiary/aromatic N) is 3. The summed E-state index contributed by atoms with van der Waals surface area (Å²) in [4.78, 5) is 2.54. The summed E-state index contributed by atoms with van der Waals surface area (Å²) in [5.74, 6) is 0. The van der Waals surface area contributed by atoms with Crippen LogP contribution in [0.5, 0.6) is 0 Å². The molecule has 0 fully saturated rings. The Morgan fingerprint density at radius 2 is 2.62 bits per heavy atom. The molecule has 1 radical (unpaired) electrons. The number of hydrogen-bond donors (Lipinski definition) is 0. The minimum Gasteiger partial charge on any atom is -0.441 e. The zero-order chi connectivity index (χ0) is 6.24. The Morgan fingerprint density at radius 3 is 3.12 bits per heavy atom. The zero-order valence-corrected chi connectivity index (χ0v) is 4.74. The highest BCUT2D eigenvalue weighted by Crippen LogP contribution is 1.72. The van der Waals surface area contributed by atoms with Gasteiger partial charge in [0.1, 0.15) is 0 Å². The van der Waals surface area contributed by atoms with E-state index in [0.717, 1.165) is 0 Å². The fraction of sp³-hybridized carbons (Fsp3) is 1.00. The maximum atomic E-state index is 7.76. The van der Waals surface area contributed by atoms with Crippen molar-refractivity contribution in [1.29, 1.82) is 0 Å². The number of rotatable bonds is 4. The standard InChI is InChI=1S/C3H7BN3O/c1-4-8-3-2-6-7-5/h2-3H2,1H3. The van der Waals surface area contributed by atoms with E-state index in [0.29, 0.717) is 13.2 Å². The van der Waals surface area contributed by atoms with Crippen molar-refractivity contribution in [3.63, 3.8) is 0 Å². The maximum Gasteiger partial charge on any atom is 0.288 e. The highest BCUT2D eigenvalue weighted by Gasteiger charge is 1.79. The molecule has 0 aliphatic carbocycles. The average molecular weight is 112 g/mol. The third-order valence-corrected chi connectivity index (χ3v) is 0.539. The largest absolute Gasteiger partial charge is 0.441 e. The molecule has 0 aromatic carbocycles. The summed E-state index contributed by atoms with van der Waals surface area (Å²) in [7, 11) is 1.56. The monoisotopic (exact) mass is 112 g/mol. The first-order valence-corrected chi connectivity index (χ1v) is 2.32. The van der Waals surface area contributed by atoms with Crippen molar-refractivity contribution in [2.24, 2.45) is 5.11 Å². The van der Waals surface area contributed by atoms with Crippen LogP contribution in [-0.4, -0.2) is 20.6 Å². The molecule has 4 nitrogen and oxygen atoms in total. The van der Waals surface area contributed by atoms with Gasteiger partial charge in [0.15, 0.2) is 0 Å². The van der Waals surface area contributed by atoms with Gasteiger partial charge in [0, 0.05) is 18.1 Å². The molecule has 0 heterocycles. The van der Waals surface area contributed by atoms with E-state index in [1.165, 1.54) is 0 Å². The van der Waals surface area contributed by atoms with Crippen LogP contribution in [-0.2, 0) is 4.65 Å². The molecule has 0 unspecified atom stereocenters. The lowest BCUT2D eigenvalue weighted by Gasteiger charge is -1.90. The van der Waals surface area contributed by atoms with Crippen LogP contribution in [0.1, 0.15) is 0 Å². The Bertz CT molecular complexity index is 90.5. The zero-order valence-electron chi connectivity index (χ0n) is 4.74. The summed E-state index contributed by atoms with van der Waals surface area (Å²) >= 11 is 0. The van der Waals surface area contributed by atoms with Crippen LogP contribution in [0.15, 0.2) is 5.11 Å². The maximum absolute atomic E-state index is 7.76. The lowest BCUT2D eigenvalue weighted by molar-refractivity contribution is 0.350. The quantitative estimate of drug-likeness (QED) is 0.176. The molecule has 0 amide bonds. The molecule has 0 atom stereocenters. The SMILES string of the molecule is C[B]OCCN=[N+]=[N-]. The minimum atomic E-state index is 0.404. The van der Waals surface area contributed by atoms with Crippen LogP contribution < -0.4 is 0 Å². The lowest BCUT2D eigenvalue weighted by Crippen LogP contribution is -1.97. The van der Waals surface area contributed by atoms with Crippen LogP contribution in [0, 0.1) is 0 Å². The van der Waals surface area contributed by atoms with E-state index in [9.17, 15) is 0 Å². The number of hydrogen-bond acceptors (Lipinski definition) is 2. The molecule has 0 aliphatic heterocycles. The van der Waals surface area contributed by atoms with Gasteiger partial charge in [-0.25, -0.2) is 0 Å². The van der Waals surface area contributed by atoms with E-state index in [1.54, 1.807) is 14.3 Å². The second kappa shape index (κ2) is 6.33. The van der Waals surface area contributed by atoms with Crippen molar-refractivity contribution < 1.29 is 4.65 Å². The Labute approximate surface area is 48.7 Å². The van der Waals surface area contributed by atoms with E-state index in [4.69, 9.17) is 10.2 Å². The van der Waals surface area contributed by atoms with Gasteiger partial charge in [-0.3, -0.25) is 0 Å². The summed E-state index contributed by atoms with van der Waals surface area (Å²) in [6.07, 6.45) is 0. The molecule has 43 valence electrons. The van der Waals surface area contributed by atoms with Crippen LogP contribution in [0.4, 0.5) is 0 Å². The predicted molar refractivity (Wildman–Crippen MR) is 31.6 cm³/mol. The smallest absolute Gasteiger partial charge is 0.288 e. The first-order chi connectivity index (χ1) is 3.91. The van der Waals surface area contributed by atoms with Crippen LogP contribution >= 0.6 is 0 Å². The van der Waals surface area contributed by atoms with Crippen molar-refractivity contribution in [2.75, 3.05) is 13.2 Å². The van der Waals surface area contributed by atoms with E-state index < -0.39 is 0 Å². The van der Waals surface area contributed by atoms with Gasteiger partial charge in [-0.05, 0) is 5.53 Å². The summed E-state index contributed by atoms with van der Waals surface area (Å²) in [5, 5.41) is 3.24. The van der Waals surface area contributed by atoms with Gasteiger partial charge in [-0.15, -0.1) is 0 Å². The van der Waals surface area contributed by atoms with Crippen LogP contribution in [0.3, 0.4) is 0 Å². The Kier molecular flexibility index (Phi) is 5.81. The summed E-state index contributed by atoms with van der Waals surface area (Å²) in [5.41, 5.74) is 7.76. The predicted octanol–water partition coefficient (Wildman–Crippen LogP) is 0.981. The lowest BCUT2D eigenvalue weighted by atomic mass is 10.1. The molecule has 0 saturated carbocycles. The van der Waals surface area contributed by atoms with Gasteiger partial charge < -0.3 is 4.65 Å². The fourth-order valence-electron chi connectivity index (χ4n) is 0.256. The van der Waals surface area contributed by atoms with Crippen LogP contribution in [0.25, 0.3) is 10.4 Å². The molecular formula is C3H7BN3O. The van der Waals surface area contributed by atoms with E-state index in [2.05, 4.69) is 10.0 Å². The molecule has 0 aliphatic rings. The molecule has 0 N–H and O–H groups in total. The molecule has 0 aromatic heterocycles. The Hall–Kier alpha value is -0.665. The van der Waals surface area contributed by atoms with Crippen molar-refractivity contribution in [3.05, 3.63) is 10.4 Å². The van der Waals surface area contributed by atoms with E-state index in [-0.39, 0.29) is 0 Å². The molecule has 0 spiro atoms. The van der Waals surface area contributed by atoms with Gasteiger partial charge >= 0.3 is 0 Å². The average Bonchev–Trinajstić information content (AvgIpc) is 1.81. The third-order valence-electron chi connectivity index (χ3n) is 0.539. The molecule has 8 heavy (non-hydrogen) atoms. The van der Waals surface area contributed by atoms with E-state index in [1.807, 2.05) is 0 Å². The third kappa shape index (κ3) is 5.33. The van der Waals surface area contributed by atoms with Crippen molar-refractivity contribution >= 4 is 7.48 Å². The normalized spacial score (nSPS) is 7.62. The first kappa shape index (κ1) is 7.33. The van der Waals surface area contributed by atoms with Gasteiger partial charge in [0.05, 0.1) is 0 Å².